The molecule has 2 fully saturated rings. The third-order valence-corrected chi connectivity index (χ3v) is 9.83. The summed E-state index contributed by atoms with van der Waals surface area (Å²) in [6.07, 6.45) is 1.69. The molecule has 2 heterocycles. The molecule has 0 aliphatic carbocycles. The van der Waals surface area contributed by atoms with Crippen LogP contribution in [0.15, 0.2) is 65.6 Å². The number of rotatable bonds is 8. The molecule has 2 aliphatic heterocycles. The van der Waals surface area contributed by atoms with E-state index in [2.05, 4.69) is 24.0 Å². The molecule has 8 heteroatoms. The molecular weight excluding hydrogens is 498 g/mol. The van der Waals surface area contributed by atoms with Crippen LogP contribution in [0.4, 0.5) is 4.79 Å². The summed E-state index contributed by atoms with van der Waals surface area (Å²) in [5.74, 6) is 0.960. The average Bonchev–Trinajstić information content (AvgIpc) is 3.31. The van der Waals surface area contributed by atoms with Crippen molar-refractivity contribution in [2.45, 2.75) is 56.4 Å². The minimum Gasteiger partial charge on any atom is -0.444 e. The number of piperidine rings is 1. The van der Waals surface area contributed by atoms with Crippen molar-refractivity contribution < 1.29 is 17.9 Å². The van der Waals surface area contributed by atoms with Crippen LogP contribution in [0.2, 0.25) is 0 Å². The van der Waals surface area contributed by atoms with Gasteiger partial charge in [0.2, 0.25) is 10.0 Å². The fourth-order valence-corrected chi connectivity index (χ4v) is 7.15. The molecule has 0 spiro atoms. The van der Waals surface area contributed by atoms with E-state index in [1.54, 1.807) is 31.3 Å². The second kappa shape index (κ2) is 11.4. The van der Waals surface area contributed by atoms with Crippen molar-refractivity contribution in [3.63, 3.8) is 0 Å². The maximum absolute atomic E-state index is 13.3. The number of benzene rings is 2. The third-order valence-electron chi connectivity index (χ3n) is 8.01. The summed E-state index contributed by atoms with van der Waals surface area (Å²) in [4.78, 5) is 17.3. The Labute approximate surface area is 228 Å². The van der Waals surface area contributed by atoms with Gasteiger partial charge in [0, 0.05) is 38.6 Å². The molecule has 2 saturated heterocycles. The number of hydrogen-bond donors (Lipinski definition) is 0. The van der Waals surface area contributed by atoms with Crippen molar-refractivity contribution in [3.8, 4) is 0 Å². The largest absolute Gasteiger partial charge is 0.444 e. The van der Waals surface area contributed by atoms with Gasteiger partial charge >= 0.3 is 6.09 Å². The first kappa shape index (κ1) is 28.6. The number of fused-ring (bicyclic) bond motifs is 1. The summed E-state index contributed by atoms with van der Waals surface area (Å²) >= 11 is 0. The molecule has 0 radical (unpaired) electrons. The summed E-state index contributed by atoms with van der Waals surface area (Å²) in [5, 5.41) is 0. The lowest BCUT2D eigenvalue weighted by atomic mass is 9.78. The topological polar surface area (TPSA) is 70.2 Å². The van der Waals surface area contributed by atoms with Gasteiger partial charge in [0.15, 0.2) is 0 Å². The fourth-order valence-electron chi connectivity index (χ4n) is 5.83. The second-order valence-corrected chi connectivity index (χ2v) is 14.3. The lowest BCUT2D eigenvalue weighted by molar-refractivity contribution is 0.0284. The molecule has 2 aromatic rings. The van der Waals surface area contributed by atoms with Crippen LogP contribution in [0.5, 0.6) is 0 Å². The maximum atomic E-state index is 13.3. The number of carbonyl (C=O) groups is 1. The Morgan fingerprint density at radius 3 is 2.18 bits per heavy atom. The number of carbonyl (C=O) groups excluding carboxylic acids is 1. The molecular formula is C30H43N3O4S. The van der Waals surface area contributed by atoms with Crippen molar-refractivity contribution in [2.75, 3.05) is 46.3 Å². The van der Waals surface area contributed by atoms with Crippen molar-refractivity contribution in [1.29, 1.82) is 0 Å². The third kappa shape index (κ3) is 6.77. The molecule has 1 amide bonds. The van der Waals surface area contributed by atoms with Gasteiger partial charge < -0.3 is 14.5 Å². The van der Waals surface area contributed by atoms with E-state index in [0.717, 1.165) is 51.1 Å². The smallest absolute Gasteiger partial charge is 0.410 e. The van der Waals surface area contributed by atoms with E-state index in [4.69, 9.17) is 4.74 Å². The van der Waals surface area contributed by atoms with E-state index in [0.29, 0.717) is 23.3 Å². The number of nitrogens with zero attached hydrogens (tertiary/aromatic N) is 3. The highest BCUT2D eigenvalue weighted by atomic mass is 32.2. The van der Waals surface area contributed by atoms with Gasteiger partial charge in [-0.2, -0.15) is 0 Å². The maximum Gasteiger partial charge on any atom is 0.410 e. The molecule has 2 aromatic carbocycles. The van der Waals surface area contributed by atoms with Crippen LogP contribution < -0.4 is 0 Å². The monoisotopic (exact) mass is 541 g/mol. The highest BCUT2D eigenvalue weighted by molar-refractivity contribution is 7.89. The minimum absolute atomic E-state index is 0.210. The second-order valence-electron chi connectivity index (χ2n) is 12.2. The van der Waals surface area contributed by atoms with Gasteiger partial charge in [-0.25, -0.2) is 17.5 Å². The normalized spacial score (nSPS) is 22.2. The van der Waals surface area contributed by atoms with E-state index in [1.807, 2.05) is 49.9 Å². The number of likely N-dealkylation sites (tertiary alicyclic amines) is 2. The zero-order valence-electron chi connectivity index (χ0n) is 23.5. The van der Waals surface area contributed by atoms with E-state index in [1.165, 1.54) is 4.31 Å². The summed E-state index contributed by atoms with van der Waals surface area (Å²) < 4.78 is 33.7. The van der Waals surface area contributed by atoms with Crippen molar-refractivity contribution in [3.05, 3.63) is 66.2 Å². The molecule has 0 saturated carbocycles. The number of sulfonamides is 1. The SMILES string of the molecule is CN(C[C@@](C)(CCN1CC[C@H]2CN(C(=O)OC(C)(C)C)C[C@H]2C1)c1ccccc1)S(=O)(=O)c1ccccc1. The number of amides is 1. The Bertz CT molecular complexity index is 1180. The molecule has 0 N–H and O–H groups in total. The van der Waals surface area contributed by atoms with Crippen LogP contribution >= 0.6 is 0 Å². The van der Waals surface area contributed by atoms with Crippen molar-refractivity contribution in [2.24, 2.45) is 11.8 Å². The number of ether oxygens (including phenoxy) is 1. The lowest BCUT2D eigenvalue weighted by Crippen LogP contribution is -2.45. The molecule has 4 rings (SSSR count). The van der Waals surface area contributed by atoms with Gasteiger partial charge in [0.05, 0.1) is 4.90 Å². The van der Waals surface area contributed by atoms with Gasteiger partial charge in [-0.1, -0.05) is 55.5 Å². The van der Waals surface area contributed by atoms with E-state index < -0.39 is 15.6 Å². The van der Waals surface area contributed by atoms with Crippen LogP contribution in [0, 0.1) is 11.8 Å². The van der Waals surface area contributed by atoms with Gasteiger partial charge in [-0.15, -0.1) is 0 Å². The Hall–Kier alpha value is -2.42. The fraction of sp³-hybridized carbons (Fsp3) is 0.567. The minimum atomic E-state index is -3.59. The first-order valence-electron chi connectivity index (χ1n) is 13.6. The standard InChI is InChI=1S/C30H43N3O4S/c1-29(2,3)37-28(34)33-21-24-16-18-32(20-25(24)22-33)19-17-30(4,26-12-8-6-9-13-26)23-31(5)38(35,36)27-14-10-7-11-15-27/h6-15,24-25H,16-23H2,1-5H3/t24-,25+,30+/m0/s1. The van der Waals surface area contributed by atoms with Crippen LogP contribution in [0.1, 0.15) is 46.1 Å². The van der Waals surface area contributed by atoms with E-state index >= 15 is 0 Å². The Balaban J connectivity index is 1.42. The molecule has 7 nitrogen and oxygen atoms in total. The summed E-state index contributed by atoms with van der Waals surface area (Å²) in [6.45, 7) is 12.6. The summed E-state index contributed by atoms with van der Waals surface area (Å²) in [6, 6.07) is 18.9. The van der Waals surface area contributed by atoms with Gasteiger partial charge in [0.25, 0.3) is 0 Å². The zero-order chi connectivity index (χ0) is 27.6. The van der Waals surface area contributed by atoms with Gasteiger partial charge in [0.1, 0.15) is 5.60 Å². The molecule has 3 atom stereocenters. The number of hydrogen-bond acceptors (Lipinski definition) is 5. The van der Waals surface area contributed by atoms with Crippen LogP contribution in [-0.2, 0) is 20.2 Å². The first-order valence-corrected chi connectivity index (χ1v) is 15.1. The molecule has 0 aromatic heterocycles. The predicted octanol–water partition coefficient (Wildman–Crippen LogP) is 4.84. The quantitative estimate of drug-likeness (QED) is 0.478. The molecule has 0 bridgehead atoms. The molecule has 0 unspecified atom stereocenters. The molecule has 208 valence electrons. The first-order chi connectivity index (χ1) is 17.9. The van der Waals surface area contributed by atoms with Crippen LogP contribution in [0.3, 0.4) is 0 Å². The van der Waals surface area contributed by atoms with Gasteiger partial charge in [-0.05, 0) is 76.2 Å². The number of likely N-dealkylation sites (N-methyl/N-ethyl adjacent to an activating group) is 1. The van der Waals surface area contributed by atoms with Crippen LogP contribution in [0.25, 0.3) is 0 Å². The van der Waals surface area contributed by atoms with Crippen LogP contribution in [-0.4, -0.2) is 80.5 Å². The average molecular weight is 542 g/mol. The lowest BCUT2D eigenvalue weighted by Gasteiger charge is -2.39. The van der Waals surface area contributed by atoms with Gasteiger partial charge in [-0.3, -0.25) is 0 Å². The predicted molar refractivity (Wildman–Crippen MR) is 151 cm³/mol. The molecule has 2 aliphatic rings. The zero-order valence-corrected chi connectivity index (χ0v) is 24.3. The summed E-state index contributed by atoms with van der Waals surface area (Å²) in [7, 11) is -1.91. The highest BCUT2D eigenvalue weighted by Gasteiger charge is 2.41. The van der Waals surface area contributed by atoms with Crippen molar-refractivity contribution >= 4 is 16.1 Å². The molecule has 38 heavy (non-hydrogen) atoms. The summed E-state index contributed by atoms with van der Waals surface area (Å²) in [5.41, 5.74) is 0.300. The van der Waals surface area contributed by atoms with E-state index in [9.17, 15) is 13.2 Å². The van der Waals surface area contributed by atoms with Crippen molar-refractivity contribution in [1.82, 2.24) is 14.1 Å². The van der Waals surface area contributed by atoms with E-state index in [-0.39, 0.29) is 11.5 Å². The Kier molecular flexibility index (Phi) is 8.55. The highest BCUT2D eigenvalue weighted by Crippen LogP contribution is 2.35. The Morgan fingerprint density at radius 2 is 1.55 bits per heavy atom. The Morgan fingerprint density at radius 1 is 0.947 bits per heavy atom.